The summed E-state index contributed by atoms with van der Waals surface area (Å²) in [6.45, 7) is 0.588. The Balaban J connectivity index is 1.80. The highest BCUT2D eigenvalue weighted by Gasteiger charge is 2.30. The molecule has 0 saturated heterocycles. The minimum atomic E-state index is -0.257. The number of rotatable bonds is 3. The first-order valence-electron chi connectivity index (χ1n) is 9.45. The average Bonchev–Trinajstić information content (AvgIpc) is 2.76. The van der Waals surface area contributed by atoms with Crippen molar-refractivity contribution in [2.45, 2.75) is 6.54 Å². The number of anilines is 2. The molecule has 142 valence electrons. The molecular weight excluding hydrogens is 362 g/mol. The van der Waals surface area contributed by atoms with Crippen molar-refractivity contribution < 1.29 is 4.79 Å². The van der Waals surface area contributed by atoms with Gasteiger partial charge >= 0.3 is 0 Å². The molecule has 0 aliphatic heterocycles. The van der Waals surface area contributed by atoms with Gasteiger partial charge < -0.3 is 15.6 Å². The number of nitrogens with one attached hydrogen (secondary N) is 1. The Morgan fingerprint density at radius 3 is 2.31 bits per heavy atom. The number of nitrogen functional groups attached to an aromatic ring is 1. The molecule has 29 heavy (non-hydrogen) atoms. The first-order chi connectivity index (χ1) is 14.1. The highest BCUT2D eigenvalue weighted by Crippen LogP contribution is 2.43. The molecule has 5 heteroatoms. The first-order valence-corrected chi connectivity index (χ1v) is 9.45. The van der Waals surface area contributed by atoms with Crippen LogP contribution in [0, 0.1) is 0 Å². The van der Waals surface area contributed by atoms with Gasteiger partial charge in [-0.25, -0.2) is 0 Å². The molecule has 0 saturated carbocycles. The predicted octanol–water partition coefficient (Wildman–Crippen LogP) is 3.94. The molecule has 0 fully saturated rings. The number of benzene rings is 3. The maximum atomic E-state index is 13.5. The van der Waals surface area contributed by atoms with E-state index in [4.69, 9.17) is 5.73 Å². The van der Waals surface area contributed by atoms with Gasteiger partial charge in [0, 0.05) is 35.8 Å². The molecule has 0 amide bonds. The Morgan fingerprint density at radius 1 is 0.862 bits per heavy atom. The molecule has 0 spiro atoms. The normalized spacial score (nSPS) is 12.1. The van der Waals surface area contributed by atoms with Crippen molar-refractivity contribution in [1.29, 1.82) is 0 Å². The molecule has 0 unspecified atom stereocenters. The van der Waals surface area contributed by atoms with Gasteiger partial charge in [0.25, 0.3) is 5.56 Å². The zero-order valence-electron chi connectivity index (χ0n) is 15.9. The number of fused-ring (bicyclic) bond motifs is 2. The standard InChI is InChI=1S/C24H19N3O2/c1-27-18-12-11-17(26-13-14-7-3-2-4-8-14)20-21(18)19(22(25)24(27)29)15-9-5-6-10-16(15)23(20)28/h2-12,26H,13,25H2,1H3. The quantitative estimate of drug-likeness (QED) is 0.496. The van der Waals surface area contributed by atoms with Crippen LogP contribution >= 0.6 is 0 Å². The van der Waals surface area contributed by atoms with Crippen molar-refractivity contribution in [2.24, 2.45) is 7.05 Å². The Kier molecular flexibility index (Phi) is 3.77. The summed E-state index contributed by atoms with van der Waals surface area (Å²) >= 11 is 0. The molecule has 1 aliphatic carbocycles. The van der Waals surface area contributed by atoms with E-state index in [1.807, 2.05) is 60.7 Å². The van der Waals surface area contributed by atoms with Crippen LogP contribution in [-0.2, 0) is 13.6 Å². The van der Waals surface area contributed by atoms with E-state index in [0.29, 0.717) is 34.3 Å². The van der Waals surface area contributed by atoms with Crippen LogP contribution in [0.2, 0.25) is 0 Å². The Bertz CT molecular complexity index is 1350. The fourth-order valence-electron chi connectivity index (χ4n) is 4.15. The van der Waals surface area contributed by atoms with Gasteiger partial charge in [0.1, 0.15) is 5.69 Å². The number of aryl methyl sites for hydroxylation is 1. The van der Waals surface area contributed by atoms with Crippen LogP contribution in [0.4, 0.5) is 11.4 Å². The second-order valence-electron chi connectivity index (χ2n) is 7.25. The molecule has 5 nitrogen and oxygen atoms in total. The first kappa shape index (κ1) is 17.3. The van der Waals surface area contributed by atoms with Crippen LogP contribution < -0.4 is 16.6 Å². The summed E-state index contributed by atoms with van der Waals surface area (Å²) in [7, 11) is 1.68. The van der Waals surface area contributed by atoms with Crippen LogP contribution in [0.5, 0.6) is 0 Å². The van der Waals surface area contributed by atoms with E-state index >= 15 is 0 Å². The Morgan fingerprint density at radius 2 is 1.55 bits per heavy atom. The molecule has 0 atom stereocenters. The summed E-state index contributed by atoms with van der Waals surface area (Å²) in [5.74, 6) is -0.0627. The summed E-state index contributed by atoms with van der Waals surface area (Å²) in [6, 6.07) is 21.1. The van der Waals surface area contributed by atoms with Crippen LogP contribution in [-0.4, -0.2) is 10.4 Å². The number of hydrogen-bond acceptors (Lipinski definition) is 4. The van der Waals surface area contributed by atoms with Crippen LogP contribution in [0.3, 0.4) is 0 Å². The monoisotopic (exact) mass is 381 g/mol. The SMILES string of the molecule is Cn1c(=O)c(N)c2c3c(c(NCc4ccccc4)ccc31)C(=O)c1ccccc1-2. The van der Waals surface area contributed by atoms with E-state index in [9.17, 15) is 9.59 Å². The third kappa shape index (κ3) is 2.48. The molecule has 5 rings (SSSR count). The van der Waals surface area contributed by atoms with Gasteiger partial charge in [-0.3, -0.25) is 9.59 Å². The van der Waals surface area contributed by atoms with E-state index < -0.39 is 0 Å². The van der Waals surface area contributed by atoms with Crippen LogP contribution in [0.1, 0.15) is 21.5 Å². The van der Waals surface area contributed by atoms with E-state index in [-0.39, 0.29) is 17.0 Å². The largest absolute Gasteiger partial charge is 0.394 e. The van der Waals surface area contributed by atoms with Crippen LogP contribution in [0.25, 0.3) is 22.0 Å². The number of hydrogen-bond donors (Lipinski definition) is 2. The number of carbonyl (C=O) groups is 1. The van der Waals surface area contributed by atoms with Gasteiger partial charge in [-0.2, -0.15) is 0 Å². The van der Waals surface area contributed by atoms with Crippen molar-refractivity contribution in [3.05, 3.63) is 93.8 Å². The maximum Gasteiger partial charge on any atom is 0.274 e. The number of pyridine rings is 1. The second-order valence-corrected chi connectivity index (χ2v) is 7.25. The lowest BCUT2D eigenvalue weighted by atomic mass is 9.82. The van der Waals surface area contributed by atoms with Gasteiger partial charge in [0.15, 0.2) is 5.78 Å². The summed E-state index contributed by atoms with van der Waals surface area (Å²) in [4.78, 5) is 26.2. The van der Waals surface area contributed by atoms with Gasteiger partial charge in [-0.1, -0.05) is 54.6 Å². The topological polar surface area (TPSA) is 77.1 Å². The third-order valence-corrected chi connectivity index (χ3v) is 5.59. The minimum Gasteiger partial charge on any atom is -0.394 e. The summed E-state index contributed by atoms with van der Waals surface area (Å²) in [5.41, 5.74) is 11.2. The lowest BCUT2D eigenvalue weighted by Crippen LogP contribution is -2.25. The van der Waals surface area contributed by atoms with E-state index in [1.165, 1.54) is 4.57 Å². The molecule has 0 bridgehead atoms. The molecule has 1 aromatic heterocycles. The lowest BCUT2D eigenvalue weighted by molar-refractivity contribution is 0.104. The summed E-state index contributed by atoms with van der Waals surface area (Å²) in [5, 5.41) is 4.13. The molecule has 3 N–H and O–H groups in total. The van der Waals surface area contributed by atoms with E-state index in [0.717, 1.165) is 16.6 Å². The molecular formula is C24H19N3O2. The average molecular weight is 381 g/mol. The van der Waals surface area contributed by atoms with E-state index in [2.05, 4.69) is 5.32 Å². The minimum absolute atomic E-state index is 0.0627. The third-order valence-electron chi connectivity index (χ3n) is 5.59. The van der Waals surface area contributed by atoms with Gasteiger partial charge in [-0.05, 0) is 23.3 Å². The number of aromatic nitrogens is 1. The van der Waals surface area contributed by atoms with Crippen molar-refractivity contribution in [3.63, 3.8) is 0 Å². The molecule has 1 heterocycles. The van der Waals surface area contributed by atoms with Crippen molar-refractivity contribution >= 4 is 28.1 Å². The second kappa shape index (κ2) is 6.34. The number of carbonyl (C=O) groups excluding carboxylic acids is 1. The van der Waals surface area contributed by atoms with Crippen molar-refractivity contribution in [1.82, 2.24) is 4.57 Å². The van der Waals surface area contributed by atoms with E-state index in [1.54, 1.807) is 13.1 Å². The summed E-state index contributed by atoms with van der Waals surface area (Å²) in [6.07, 6.45) is 0. The zero-order chi connectivity index (χ0) is 20.1. The predicted molar refractivity (Wildman–Crippen MR) is 116 cm³/mol. The smallest absolute Gasteiger partial charge is 0.274 e. The van der Waals surface area contributed by atoms with Crippen molar-refractivity contribution in [2.75, 3.05) is 11.1 Å². The fourth-order valence-corrected chi connectivity index (χ4v) is 4.15. The maximum absolute atomic E-state index is 13.5. The number of ketones is 1. The number of nitrogens with two attached hydrogens (primary N) is 1. The highest BCUT2D eigenvalue weighted by atomic mass is 16.1. The van der Waals surface area contributed by atoms with Crippen LogP contribution in [0.15, 0.2) is 71.5 Å². The molecule has 4 aromatic rings. The molecule has 3 aromatic carbocycles. The van der Waals surface area contributed by atoms with Gasteiger partial charge in [0.05, 0.1) is 11.1 Å². The van der Waals surface area contributed by atoms with Crippen molar-refractivity contribution in [3.8, 4) is 11.1 Å². The number of nitrogens with zero attached hydrogens (tertiary/aromatic N) is 1. The Hall–Kier alpha value is -3.86. The van der Waals surface area contributed by atoms with Gasteiger partial charge in [0.2, 0.25) is 0 Å². The zero-order valence-corrected chi connectivity index (χ0v) is 15.9. The van der Waals surface area contributed by atoms with Gasteiger partial charge in [-0.15, -0.1) is 0 Å². The summed E-state index contributed by atoms with van der Waals surface area (Å²) < 4.78 is 1.51. The fraction of sp³-hybridized carbons (Fsp3) is 0.0833. The molecule has 0 radical (unpaired) electrons. The Labute approximate surface area is 167 Å². The lowest BCUT2D eigenvalue weighted by Gasteiger charge is -2.24. The molecule has 1 aliphatic rings. The highest BCUT2D eigenvalue weighted by molar-refractivity contribution is 6.29.